The van der Waals surface area contributed by atoms with Crippen molar-refractivity contribution in [1.29, 1.82) is 0 Å². The van der Waals surface area contributed by atoms with Gasteiger partial charge in [-0.2, -0.15) is 5.10 Å². The molecule has 26 heteroatoms. The molecule has 0 bridgehead atoms. The number of ether oxygens (including phenoxy) is 1. The number of non-ortho nitro benzene ring substituents is 1. The lowest BCUT2D eigenvalue weighted by Crippen LogP contribution is -2.00. The van der Waals surface area contributed by atoms with Gasteiger partial charge in [0.1, 0.15) is 23.5 Å². The normalized spacial score (nSPS) is 9.43. The van der Waals surface area contributed by atoms with Crippen LogP contribution in [0.4, 0.5) is 22.9 Å². The van der Waals surface area contributed by atoms with Crippen molar-refractivity contribution in [1.82, 2.24) is 30.3 Å². The number of Topliss-reactive ketones (excluding diaryl/α,β-unsaturated/α-hetero) is 2. The van der Waals surface area contributed by atoms with E-state index in [4.69, 9.17) is 15.4 Å². The first-order chi connectivity index (χ1) is 46.7. The summed E-state index contributed by atoms with van der Waals surface area (Å²) in [5.41, 5.74) is 17.6. The lowest BCUT2D eigenvalue weighted by atomic mass is 10.1. The molecule has 0 fully saturated rings. The fourth-order valence-corrected chi connectivity index (χ4v) is 9.57. The fraction of sp³-hybridized carbons (Fsp3) is 0.301. The first kappa shape index (κ1) is 88.6. The molecule has 7 aromatic heterocycles. The predicted octanol–water partition coefficient (Wildman–Crippen LogP) is 19.0. The van der Waals surface area contributed by atoms with Gasteiger partial charge in [0, 0.05) is 62.4 Å². The van der Waals surface area contributed by atoms with E-state index in [-0.39, 0.29) is 39.5 Å². The van der Waals surface area contributed by atoms with E-state index in [1.165, 1.54) is 57.2 Å². The molecule has 0 aliphatic heterocycles. The molecule has 6 N–H and O–H groups in total. The summed E-state index contributed by atoms with van der Waals surface area (Å²) in [6.45, 7) is 34.0. The molecule has 3 aromatic carbocycles. The molecule has 0 aliphatic carbocycles. The molecular weight excluding hydrogens is 1320 g/mol. The number of H-pyrrole nitrogens is 3. The van der Waals surface area contributed by atoms with Crippen LogP contribution in [-0.2, 0) is 24.0 Å². The van der Waals surface area contributed by atoms with Gasteiger partial charge in [0.05, 0.1) is 54.5 Å². The molecule has 10 rings (SSSR count). The Morgan fingerprint density at radius 3 is 1.42 bits per heavy atom. The average molecular weight is 1420 g/mol. The minimum Gasteiger partial charge on any atom is -0.478 e. The molecule has 99 heavy (non-hydrogen) atoms. The molecule has 0 saturated heterocycles. The van der Waals surface area contributed by atoms with Crippen LogP contribution >= 0.6 is 34.4 Å². The molecule has 10 aromatic rings. The number of nitro groups is 3. The number of ketones is 2. The lowest BCUT2D eigenvalue weighted by Gasteiger charge is -1.99. The molecule has 0 aliphatic rings. The summed E-state index contributed by atoms with van der Waals surface area (Å²) >= 11 is 5.21. The third-order valence-electron chi connectivity index (χ3n) is 13.3. The van der Waals surface area contributed by atoms with Gasteiger partial charge in [0.15, 0.2) is 11.6 Å². The van der Waals surface area contributed by atoms with Gasteiger partial charge in [-0.1, -0.05) is 81.4 Å². The highest BCUT2D eigenvalue weighted by molar-refractivity contribution is 8.00. The third kappa shape index (κ3) is 36.5. The number of carboxylic acid groups (broad SMARTS) is 1. The second-order valence-electron chi connectivity index (χ2n) is 21.0. The first-order valence-corrected chi connectivity index (χ1v) is 33.8. The number of rotatable bonds is 12. The molecule has 0 saturated carbocycles. The summed E-state index contributed by atoms with van der Waals surface area (Å²) in [5, 5.41) is 48.3. The average Bonchev–Trinajstić information content (AvgIpc) is 1.69. The van der Waals surface area contributed by atoms with Crippen LogP contribution in [0.5, 0.6) is 0 Å². The number of thioether (sulfide) groups is 1. The SMILES string of the molecule is C=CCC.CC(=O)c1c(C)[nH]c(C)c1C.CC(=O)c1ccc(C)s1.CCc1ccc(C(=O)O)cc1.CCc1ccc(C(=O)OC)cc1.CCc1ccc([N+](=O)[O-])cc1.CSc1ccc(C)s1.Cc1[nH]ncc1[N+](=O)[O-].Cc1cc([N+](=O)[O-])c[nH]1.Cc1cccnc1N.Cc1cnoc1C. The van der Waals surface area contributed by atoms with Crippen LogP contribution < -0.4 is 5.73 Å². The number of esters is 1. The van der Waals surface area contributed by atoms with Gasteiger partial charge in [0.25, 0.3) is 11.4 Å². The van der Waals surface area contributed by atoms with E-state index in [2.05, 4.69) is 80.8 Å². The monoisotopic (exact) mass is 1410 g/mol. The van der Waals surface area contributed by atoms with Gasteiger partial charge in [-0.25, -0.2) is 14.6 Å². The van der Waals surface area contributed by atoms with Crippen LogP contribution in [0.25, 0.3) is 0 Å². The van der Waals surface area contributed by atoms with Gasteiger partial charge >= 0.3 is 17.6 Å². The highest BCUT2D eigenvalue weighted by atomic mass is 32.2. The number of carbonyl (C=O) groups is 4. The number of hydrogen-bond acceptors (Lipinski definition) is 19. The van der Waals surface area contributed by atoms with Gasteiger partial charge in [-0.3, -0.25) is 45.0 Å². The number of nitrogens with two attached hydrogens (primary N) is 1. The summed E-state index contributed by atoms with van der Waals surface area (Å²) in [5.74, 6) is 0.676. The van der Waals surface area contributed by atoms with E-state index in [1.54, 1.807) is 87.8 Å². The Labute approximate surface area is 592 Å². The van der Waals surface area contributed by atoms with Crippen molar-refractivity contribution in [3.8, 4) is 0 Å². The quantitative estimate of drug-likeness (QED) is 0.0189. The van der Waals surface area contributed by atoms with E-state index in [9.17, 15) is 49.5 Å². The fourth-order valence-electron chi connectivity index (χ4n) is 7.28. The van der Waals surface area contributed by atoms with Crippen molar-refractivity contribution in [2.24, 2.45) is 0 Å². The topological polar surface area (TPSA) is 352 Å². The number of methoxy groups -OCH3 is 1. The molecule has 0 amide bonds. The van der Waals surface area contributed by atoms with Gasteiger partial charge < -0.3 is 30.1 Å². The van der Waals surface area contributed by atoms with Crippen LogP contribution in [-0.4, -0.2) is 87.1 Å². The Morgan fingerprint density at radius 2 is 1.18 bits per heavy atom. The van der Waals surface area contributed by atoms with Crippen LogP contribution in [0, 0.1) is 99.6 Å². The smallest absolute Gasteiger partial charge is 0.337 e. The zero-order chi connectivity index (χ0) is 75.3. The number of nitrogens with zero attached hydrogens (tertiary/aromatic N) is 6. The largest absolute Gasteiger partial charge is 0.478 e. The van der Waals surface area contributed by atoms with E-state index >= 15 is 0 Å². The number of anilines is 1. The summed E-state index contributed by atoms with van der Waals surface area (Å²) in [6, 6.07) is 34.4. The summed E-state index contributed by atoms with van der Waals surface area (Å²) < 4.78 is 10.7. The minimum absolute atomic E-state index is 0.0370. The number of aromatic amines is 3. The number of carbonyl (C=O) groups excluding carboxylic acids is 3. The Bertz CT molecular complexity index is 3890. The van der Waals surface area contributed by atoms with E-state index in [0.717, 1.165) is 86.8 Å². The highest BCUT2D eigenvalue weighted by Crippen LogP contribution is 2.24. The molecule has 0 radical (unpaired) electrons. The van der Waals surface area contributed by atoms with Crippen molar-refractivity contribution >= 4 is 80.8 Å². The molecule has 0 atom stereocenters. The molecule has 532 valence electrons. The van der Waals surface area contributed by atoms with Crippen molar-refractivity contribution in [2.45, 2.75) is 141 Å². The van der Waals surface area contributed by atoms with E-state index < -0.39 is 15.8 Å². The zero-order valence-corrected chi connectivity index (χ0v) is 62.2. The number of thiophene rings is 2. The number of carboxylic acids is 1. The molecule has 7 heterocycles. The second-order valence-corrected chi connectivity index (χ2v) is 24.7. The molecular formula is C73H94N10O13S3. The van der Waals surface area contributed by atoms with Crippen LogP contribution in [0.1, 0.15) is 160 Å². The molecule has 0 unspecified atom stereocenters. The molecule has 0 spiro atoms. The minimum atomic E-state index is -0.868. The summed E-state index contributed by atoms with van der Waals surface area (Å²) in [6.07, 6.45) is 13.9. The number of hydrogen-bond donors (Lipinski definition) is 5. The number of aromatic nitrogens is 6. The Kier molecular flexibility index (Phi) is 43.9. The number of nitrogen functional groups attached to an aromatic ring is 1. The van der Waals surface area contributed by atoms with Gasteiger partial charge in [0.2, 0.25) is 0 Å². The van der Waals surface area contributed by atoms with Crippen LogP contribution in [0.3, 0.4) is 0 Å². The predicted molar refractivity (Wildman–Crippen MR) is 399 cm³/mol. The second kappa shape index (κ2) is 49.1. The Balaban J connectivity index is 0.00000107. The molecule has 23 nitrogen and oxygen atoms in total. The standard InChI is InChI=1S/C10H12O2.C9H13NO.C9H10O2.C8H9NO2.C7H8OS.C6H8N2.C6H8S2.C5H6N2O2.C5H7NO.C4H5N3O2.C4H8/c1-3-8-4-6-9(7-5-8)10(11)12-2;1-5-6(2)10-7(3)9(5)8(4)11;2*1-2-7-3-5-8(6-4-7)9(10)11;1-5-3-4-7(9-5)6(2)8;1-5-3-2-4-8-6(5)7;1-5-3-4-6(7-2)8-5;1-4-2-5(3-6-4)7(8)9;1-4-3-6-7-5(4)2;1-3-4(7(8)9)2-5-6-3;1-3-4-2/h4-7H,3H2,1-2H3;10H,1-4H3;3-6H,2H2,1H3,(H,10,11);3-6H,2H2,1H3;3-4H,1-2H3;2-4H,1H3,(H2,7,8);3-4H,1-2H3;2-3,6H,1H3;3H,1-2H3;2H,1H3,(H,5,6);3H,1,4H2,2H3. The number of nitrogens with one attached hydrogen (secondary N) is 3. The maximum atomic E-state index is 11.1. The highest BCUT2D eigenvalue weighted by Gasteiger charge is 2.12. The summed E-state index contributed by atoms with van der Waals surface area (Å²) in [7, 11) is 1.38. The number of nitro benzene ring substituents is 1. The first-order valence-electron chi connectivity index (χ1n) is 30.9. The number of aromatic carboxylic acids is 1. The van der Waals surface area contributed by atoms with Crippen molar-refractivity contribution < 1.29 is 48.3 Å². The van der Waals surface area contributed by atoms with E-state index in [0.29, 0.717) is 22.6 Å². The van der Waals surface area contributed by atoms with Crippen molar-refractivity contribution in [2.75, 3.05) is 19.1 Å². The Hall–Kier alpha value is -10.4. The van der Waals surface area contributed by atoms with Gasteiger partial charge in [-0.05, 0) is 197 Å². The number of allylic oxidation sites excluding steroid dienone is 1. The lowest BCUT2D eigenvalue weighted by molar-refractivity contribution is -0.385. The number of pyridine rings is 1. The third-order valence-corrected chi connectivity index (χ3v) is 16.5. The zero-order valence-electron chi connectivity index (χ0n) is 59.7. The maximum Gasteiger partial charge on any atom is 0.337 e. The number of aryl methyl sites for hydroxylation is 12. The Morgan fingerprint density at radius 1 is 0.667 bits per heavy atom. The summed E-state index contributed by atoms with van der Waals surface area (Å²) in [4.78, 5) is 85.2. The number of benzene rings is 3. The van der Waals surface area contributed by atoms with Crippen molar-refractivity contribution in [3.63, 3.8) is 0 Å². The van der Waals surface area contributed by atoms with E-state index in [1.807, 2.05) is 140 Å². The maximum absolute atomic E-state index is 11.1. The van der Waals surface area contributed by atoms with Crippen LogP contribution in [0.15, 0.2) is 161 Å². The van der Waals surface area contributed by atoms with Gasteiger partial charge in [-0.15, -0.1) is 41.0 Å². The van der Waals surface area contributed by atoms with Crippen molar-refractivity contribution in [3.05, 3.63) is 276 Å². The van der Waals surface area contributed by atoms with Crippen LogP contribution in [0.2, 0.25) is 0 Å².